The van der Waals surface area contributed by atoms with Crippen molar-refractivity contribution >= 4 is 11.6 Å². The summed E-state index contributed by atoms with van der Waals surface area (Å²) in [4.78, 5) is 8.73. The van der Waals surface area contributed by atoms with E-state index in [9.17, 15) is 4.39 Å². The first-order valence-electron chi connectivity index (χ1n) is 6.50. The van der Waals surface area contributed by atoms with E-state index in [1.165, 1.54) is 12.1 Å². The molecule has 0 saturated carbocycles. The van der Waals surface area contributed by atoms with Gasteiger partial charge in [-0.05, 0) is 24.6 Å². The summed E-state index contributed by atoms with van der Waals surface area (Å²) in [5, 5.41) is 0.336. The molecule has 0 N–H and O–H groups in total. The molecule has 0 aliphatic carbocycles. The van der Waals surface area contributed by atoms with Gasteiger partial charge >= 0.3 is 0 Å². The van der Waals surface area contributed by atoms with Crippen LogP contribution in [0.1, 0.15) is 5.56 Å². The Hall–Kier alpha value is -2.26. The Bertz CT molecular complexity index is 788. The molecule has 2 aromatic carbocycles. The minimum absolute atomic E-state index is 0.319. The van der Waals surface area contributed by atoms with Crippen LogP contribution in [0.15, 0.2) is 54.6 Å². The van der Waals surface area contributed by atoms with Gasteiger partial charge in [-0.3, -0.25) is 0 Å². The Morgan fingerprint density at radius 2 is 1.71 bits per heavy atom. The molecular formula is C17H12ClFN2. The summed E-state index contributed by atoms with van der Waals surface area (Å²) < 4.78 is 13.5. The first-order chi connectivity index (χ1) is 10.1. The van der Waals surface area contributed by atoms with Crippen LogP contribution in [0, 0.1) is 12.7 Å². The van der Waals surface area contributed by atoms with Crippen molar-refractivity contribution in [3.63, 3.8) is 0 Å². The molecule has 3 rings (SSSR count). The SMILES string of the molecule is Cc1ccc(F)cc1-c1nc(Cl)cc(-c2ccccc2)n1. The van der Waals surface area contributed by atoms with Crippen molar-refractivity contribution in [2.75, 3.05) is 0 Å². The van der Waals surface area contributed by atoms with Gasteiger partial charge in [0.25, 0.3) is 0 Å². The number of aryl methyl sites for hydroxylation is 1. The molecule has 1 aromatic heterocycles. The monoisotopic (exact) mass is 298 g/mol. The first kappa shape index (κ1) is 13.7. The van der Waals surface area contributed by atoms with Gasteiger partial charge in [0.05, 0.1) is 5.69 Å². The normalized spacial score (nSPS) is 10.6. The minimum atomic E-state index is -0.319. The van der Waals surface area contributed by atoms with Gasteiger partial charge in [0.15, 0.2) is 5.82 Å². The number of hydrogen-bond acceptors (Lipinski definition) is 2. The topological polar surface area (TPSA) is 25.8 Å². The fraction of sp³-hybridized carbons (Fsp3) is 0.0588. The Balaban J connectivity index is 2.16. The van der Waals surface area contributed by atoms with Gasteiger partial charge in [-0.25, -0.2) is 14.4 Å². The molecule has 0 bridgehead atoms. The highest BCUT2D eigenvalue weighted by Gasteiger charge is 2.10. The van der Waals surface area contributed by atoms with E-state index in [4.69, 9.17) is 11.6 Å². The smallest absolute Gasteiger partial charge is 0.161 e. The molecule has 0 amide bonds. The second-order valence-corrected chi connectivity index (χ2v) is 5.11. The van der Waals surface area contributed by atoms with E-state index in [0.717, 1.165) is 11.1 Å². The zero-order valence-electron chi connectivity index (χ0n) is 11.3. The van der Waals surface area contributed by atoms with E-state index in [0.29, 0.717) is 22.2 Å². The second kappa shape index (κ2) is 5.62. The van der Waals surface area contributed by atoms with Crippen LogP contribution < -0.4 is 0 Å². The van der Waals surface area contributed by atoms with Gasteiger partial charge in [0.2, 0.25) is 0 Å². The zero-order valence-corrected chi connectivity index (χ0v) is 12.1. The maximum atomic E-state index is 13.5. The third-order valence-electron chi connectivity index (χ3n) is 3.20. The number of hydrogen-bond donors (Lipinski definition) is 0. The van der Waals surface area contributed by atoms with Crippen LogP contribution in [0.4, 0.5) is 4.39 Å². The fourth-order valence-corrected chi connectivity index (χ4v) is 2.31. The van der Waals surface area contributed by atoms with Crippen molar-refractivity contribution in [1.82, 2.24) is 9.97 Å². The molecule has 0 radical (unpaired) electrons. The second-order valence-electron chi connectivity index (χ2n) is 4.72. The highest BCUT2D eigenvalue weighted by Crippen LogP contribution is 2.26. The molecule has 1 heterocycles. The van der Waals surface area contributed by atoms with Crippen molar-refractivity contribution in [3.8, 4) is 22.6 Å². The number of rotatable bonds is 2. The summed E-state index contributed by atoms with van der Waals surface area (Å²) in [6, 6.07) is 15.9. The van der Waals surface area contributed by atoms with Gasteiger partial charge in [-0.2, -0.15) is 0 Å². The Morgan fingerprint density at radius 1 is 0.952 bits per heavy atom. The van der Waals surface area contributed by atoms with Crippen molar-refractivity contribution in [1.29, 1.82) is 0 Å². The van der Waals surface area contributed by atoms with Crippen LogP contribution in [-0.4, -0.2) is 9.97 Å². The Morgan fingerprint density at radius 3 is 2.48 bits per heavy atom. The third kappa shape index (κ3) is 2.93. The lowest BCUT2D eigenvalue weighted by molar-refractivity contribution is 0.627. The molecule has 0 atom stereocenters. The molecule has 4 heteroatoms. The van der Waals surface area contributed by atoms with Gasteiger partial charge in [-0.15, -0.1) is 0 Å². The van der Waals surface area contributed by atoms with Gasteiger partial charge in [-0.1, -0.05) is 48.0 Å². The highest BCUT2D eigenvalue weighted by atomic mass is 35.5. The van der Waals surface area contributed by atoms with Crippen molar-refractivity contribution in [2.24, 2.45) is 0 Å². The lowest BCUT2D eigenvalue weighted by Gasteiger charge is -2.08. The Kier molecular flexibility index (Phi) is 3.67. The van der Waals surface area contributed by atoms with Crippen molar-refractivity contribution in [2.45, 2.75) is 6.92 Å². The summed E-state index contributed by atoms with van der Waals surface area (Å²) in [6.07, 6.45) is 0. The van der Waals surface area contributed by atoms with E-state index >= 15 is 0 Å². The number of nitrogens with zero attached hydrogens (tertiary/aromatic N) is 2. The third-order valence-corrected chi connectivity index (χ3v) is 3.40. The molecule has 0 unspecified atom stereocenters. The molecule has 0 aliphatic heterocycles. The maximum Gasteiger partial charge on any atom is 0.161 e. The number of benzene rings is 2. The van der Waals surface area contributed by atoms with Crippen LogP contribution in [-0.2, 0) is 0 Å². The molecule has 3 aromatic rings. The van der Waals surface area contributed by atoms with Crippen LogP contribution in [0.3, 0.4) is 0 Å². The quantitative estimate of drug-likeness (QED) is 0.628. The van der Waals surface area contributed by atoms with Gasteiger partial charge in [0, 0.05) is 17.2 Å². The van der Waals surface area contributed by atoms with Crippen LogP contribution in [0.5, 0.6) is 0 Å². The van der Waals surface area contributed by atoms with E-state index < -0.39 is 0 Å². The minimum Gasteiger partial charge on any atom is -0.228 e. The molecule has 0 spiro atoms. The van der Waals surface area contributed by atoms with E-state index in [1.54, 1.807) is 12.1 Å². The Labute approximate surface area is 127 Å². The van der Waals surface area contributed by atoms with Gasteiger partial charge < -0.3 is 0 Å². The highest BCUT2D eigenvalue weighted by molar-refractivity contribution is 6.29. The summed E-state index contributed by atoms with van der Waals surface area (Å²) in [6.45, 7) is 1.89. The standard InChI is InChI=1S/C17H12ClFN2/c1-11-7-8-13(19)9-14(11)17-20-15(10-16(18)21-17)12-5-3-2-4-6-12/h2-10H,1H3. The first-order valence-corrected chi connectivity index (χ1v) is 6.88. The maximum absolute atomic E-state index is 13.5. The van der Waals surface area contributed by atoms with Crippen LogP contribution in [0.2, 0.25) is 5.15 Å². The van der Waals surface area contributed by atoms with Crippen molar-refractivity contribution < 1.29 is 4.39 Å². The van der Waals surface area contributed by atoms with Crippen molar-refractivity contribution in [3.05, 3.63) is 71.1 Å². The summed E-state index contributed by atoms with van der Waals surface area (Å²) >= 11 is 6.10. The van der Waals surface area contributed by atoms with E-state index in [2.05, 4.69) is 9.97 Å². The number of halogens is 2. The summed E-state index contributed by atoms with van der Waals surface area (Å²) in [5.74, 6) is 0.110. The molecule has 0 aliphatic rings. The molecule has 0 saturated heterocycles. The van der Waals surface area contributed by atoms with Gasteiger partial charge in [0.1, 0.15) is 11.0 Å². The predicted molar refractivity (Wildman–Crippen MR) is 82.6 cm³/mol. The predicted octanol–water partition coefficient (Wildman–Crippen LogP) is 4.91. The molecule has 2 nitrogen and oxygen atoms in total. The van der Waals surface area contributed by atoms with E-state index in [1.807, 2.05) is 37.3 Å². The van der Waals surface area contributed by atoms with E-state index in [-0.39, 0.29) is 5.82 Å². The largest absolute Gasteiger partial charge is 0.228 e. The average molecular weight is 299 g/mol. The number of aromatic nitrogens is 2. The lowest BCUT2D eigenvalue weighted by Crippen LogP contribution is -1.95. The molecule has 0 fully saturated rings. The summed E-state index contributed by atoms with van der Waals surface area (Å²) in [7, 11) is 0. The lowest BCUT2D eigenvalue weighted by atomic mass is 10.1. The zero-order chi connectivity index (χ0) is 14.8. The fourth-order valence-electron chi connectivity index (χ4n) is 2.13. The molecule has 21 heavy (non-hydrogen) atoms. The summed E-state index contributed by atoms with van der Waals surface area (Å²) in [5.41, 5.74) is 3.21. The van der Waals surface area contributed by atoms with Crippen LogP contribution in [0.25, 0.3) is 22.6 Å². The van der Waals surface area contributed by atoms with Crippen LogP contribution >= 0.6 is 11.6 Å². The average Bonchev–Trinajstić information content (AvgIpc) is 2.50. The molecule has 104 valence electrons. The molecular weight excluding hydrogens is 287 g/mol.